The van der Waals surface area contributed by atoms with Crippen molar-refractivity contribution in [2.24, 2.45) is 0 Å². The van der Waals surface area contributed by atoms with Gasteiger partial charge >= 0.3 is 0 Å². The highest BCUT2D eigenvalue weighted by Crippen LogP contribution is 2.21. The van der Waals surface area contributed by atoms with Crippen molar-refractivity contribution in [1.29, 1.82) is 0 Å². The number of nitro groups is 1. The highest BCUT2D eigenvalue weighted by atomic mass is 16.6. The molecule has 1 atom stereocenters. The number of benzene rings is 1. The van der Waals surface area contributed by atoms with Crippen LogP contribution in [0, 0.1) is 17.0 Å². The van der Waals surface area contributed by atoms with Crippen LogP contribution in [-0.4, -0.2) is 23.1 Å². The Hall–Kier alpha value is -2.47. The van der Waals surface area contributed by atoms with Crippen LogP contribution in [0.25, 0.3) is 0 Å². The van der Waals surface area contributed by atoms with Crippen molar-refractivity contribution in [2.75, 3.05) is 18.5 Å². The Morgan fingerprint density at radius 3 is 2.68 bits per heavy atom. The summed E-state index contributed by atoms with van der Waals surface area (Å²) in [5.41, 5.74) is 1.81. The predicted molar refractivity (Wildman–Crippen MR) is 84.9 cm³/mol. The third kappa shape index (κ3) is 4.02. The van der Waals surface area contributed by atoms with Crippen molar-refractivity contribution in [3.05, 3.63) is 63.8 Å². The van der Waals surface area contributed by atoms with Crippen LogP contribution in [0.3, 0.4) is 0 Å². The minimum Gasteiger partial charge on any atom is -0.372 e. The van der Waals surface area contributed by atoms with Gasteiger partial charge in [0.15, 0.2) is 0 Å². The molecule has 0 fully saturated rings. The first kappa shape index (κ1) is 15.9. The molecule has 0 saturated heterocycles. The Morgan fingerprint density at radius 2 is 2.09 bits per heavy atom. The zero-order chi connectivity index (χ0) is 15.9. The number of aromatic nitrogens is 1. The fraction of sp³-hybridized carbons (Fsp3) is 0.312. The van der Waals surface area contributed by atoms with E-state index >= 15 is 0 Å². The molecule has 22 heavy (non-hydrogen) atoms. The van der Waals surface area contributed by atoms with Crippen LogP contribution in [0.15, 0.2) is 42.6 Å². The van der Waals surface area contributed by atoms with Gasteiger partial charge < -0.3 is 10.1 Å². The van der Waals surface area contributed by atoms with Crippen molar-refractivity contribution in [2.45, 2.75) is 20.0 Å². The quantitative estimate of drug-likeness (QED) is 0.625. The fourth-order valence-corrected chi connectivity index (χ4v) is 2.18. The lowest BCUT2D eigenvalue weighted by Gasteiger charge is -2.19. The van der Waals surface area contributed by atoms with Crippen LogP contribution in [0.5, 0.6) is 0 Å². The molecule has 0 amide bonds. The Labute approximate surface area is 129 Å². The number of anilines is 1. The average molecular weight is 301 g/mol. The molecule has 2 aromatic rings. The van der Waals surface area contributed by atoms with Crippen LogP contribution in [0.2, 0.25) is 0 Å². The molecule has 116 valence electrons. The van der Waals surface area contributed by atoms with Crippen molar-refractivity contribution in [3.8, 4) is 0 Å². The maximum atomic E-state index is 10.7. The Balaban J connectivity index is 2.08. The first-order chi connectivity index (χ1) is 10.6. The molecular formula is C16H19N3O3. The molecule has 1 unspecified atom stereocenters. The fourth-order valence-electron chi connectivity index (χ4n) is 2.18. The summed E-state index contributed by atoms with van der Waals surface area (Å²) in [6, 6.07) is 11.4. The number of ether oxygens (including phenoxy) is 1. The Bertz CT molecular complexity index is 632. The summed E-state index contributed by atoms with van der Waals surface area (Å²) < 4.78 is 5.75. The summed E-state index contributed by atoms with van der Waals surface area (Å²) in [4.78, 5) is 14.4. The van der Waals surface area contributed by atoms with E-state index in [0.717, 1.165) is 11.1 Å². The summed E-state index contributed by atoms with van der Waals surface area (Å²) in [5, 5.41) is 13.9. The van der Waals surface area contributed by atoms with E-state index in [2.05, 4.69) is 10.3 Å². The van der Waals surface area contributed by atoms with Gasteiger partial charge in [0, 0.05) is 19.2 Å². The van der Waals surface area contributed by atoms with Gasteiger partial charge in [-0.1, -0.05) is 30.3 Å². The SMILES string of the molecule is CCOC(CNc1ncc([N+](=O)[O-])cc1C)c1ccccc1. The van der Waals surface area contributed by atoms with Gasteiger partial charge in [0.2, 0.25) is 0 Å². The number of nitrogens with one attached hydrogen (secondary N) is 1. The number of aryl methyl sites for hydroxylation is 1. The van der Waals surface area contributed by atoms with Gasteiger partial charge in [0.25, 0.3) is 5.69 Å². The van der Waals surface area contributed by atoms with Gasteiger partial charge in [-0.2, -0.15) is 0 Å². The number of nitrogens with zero attached hydrogens (tertiary/aromatic N) is 2. The van der Waals surface area contributed by atoms with Crippen LogP contribution in [-0.2, 0) is 4.74 Å². The lowest BCUT2D eigenvalue weighted by atomic mass is 10.1. The molecule has 0 bridgehead atoms. The molecule has 2 rings (SSSR count). The van der Waals surface area contributed by atoms with E-state index in [0.29, 0.717) is 19.0 Å². The van der Waals surface area contributed by atoms with E-state index in [-0.39, 0.29) is 11.8 Å². The maximum absolute atomic E-state index is 10.7. The number of rotatable bonds is 7. The lowest BCUT2D eigenvalue weighted by molar-refractivity contribution is -0.385. The highest BCUT2D eigenvalue weighted by molar-refractivity contribution is 5.48. The number of hydrogen-bond acceptors (Lipinski definition) is 5. The summed E-state index contributed by atoms with van der Waals surface area (Å²) >= 11 is 0. The minimum absolute atomic E-state index is 0.00697. The summed E-state index contributed by atoms with van der Waals surface area (Å²) in [6.07, 6.45) is 1.16. The standard InChI is InChI=1S/C16H19N3O3/c1-3-22-15(13-7-5-4-6-8-13)11-18-16-12(2)9-14(10-17-16)19(20)21/h4-10,15H,3,11H2,1-2H3,(H,17,18). The van der Waals surface area contributed by atoms with Crippen molar-refractivity contribution >= 4 is 11.5 Å². The lowest BCUT2D eigenvalue weighted by Crippen LogP contribution is -2.17. The molecule has 6 nitrogen and oxygen atoms in total. The summed E-state index contributed by atoms with van der Waals surface area (Å²) in [6.45, 7) is 4.89. The van der Waals surface area contributed by atoms with E-state index in [1.165, 1.54) is 12.3 Å². The van der Waals surface area contributed by atoms with E-state index < -0.39 is 4.92 Å². The van der Waals surface area contributed by atoms with Crippen LogP contribution in [0.4, 0.5) is 11.5 Å². The largest absolute Gasteiger partial charge is 0.372 e. The smallest absolute Gasteiger partial charge is 0.287 e. The van der Waals surface area contributed by atoms with Crippen molar-refractivity contribution in [1.82, 2.24) is 4.98 Å². The van der Waals surface area contributed by atoms with E-state index in [9.17, 15) is 10.1 Å². The predicted octanol–water partition coefficient (Wildman–Crippen LogP) is 3.49. The van der Waals surface area contributed by atoms with E-state index in [1.54, 1.807) is 6.92 Å². The normalized spacial score (nSPS) is 11.9. The van der Waals surface area contributed by atoms with E-state index in [1.807, 2.05) is 37.3 Å². The molecule has 1 aromatic carbocycles. The van der Waals surface area contributed by atoms with E-state index in [4.69, 9.17) is 4.74 Å². The topological polar surface area (TPSA) is 77.3 Å². The molecule has 0 radical (unpaired) electrons. The van der Waals surface area contributed by atoms with Gasteiger partial charge in [-0.3, -0.25) is 10.1 Å². The first-order valence-corrected chi connectivity index (χ1v) is 7.13. The summed E-state index contributed by atoms with van der Waals surface area (Å²) in [7, 11) is 0. The zero-order valence-corrected chi connectivity index (χ0v) is 12.7. The Kier molecular flexibility index (Phi) is 5.43. The molecule has 6 heteroatoms. The second-order valence-electron chi connectivity index (χ2n) is 4.85. The third-order valence-electron chi connectivity index (χ3n) is 3.27. The van der Waals surface area contributed by atoms with Gasteiger partial charge in [-0.25, -0.2) is 4.98 Å². The maximum Gasteiger partial charge on any atom is 0.287 e. The summed E-state index contributed by atoms with van der Waals surface area (Å²) in [5.74, 6) is 0.631. The Morgan fingerprint density at radius 1 is 1.36 bits per heavy atom. The monoisotopic (exact) mass is 301 g/mol. The van der Waals surface area contributed by atoms with Gasteiger partial charge in [0.1, 0.15) is 12.0 Å². The molecule has 0 saturated carbocycles. The average Bonchev–Trinajstić information content (AvgIpc) is 2.53. The zero-order valence-electron chi connectivity index (χ0n) is 12.7. The van der Waals surface area contributed by atoms with Gasteiger partial charge in [-0.05, 0) is 25.0 Å². The van der Waals surface area contributed by atoms with Crippen molar-refractivity contribution in [3.63, 3.8) is 0 Å². The molecule has 1 N–H and O–H groups in total. The van der Waals surface area contributed by atoms with Crippen LogP contribution in [0.1, 0.15) is 24.2 Å². The molecule has 0 spiro atoms. The van der Waals surface area contributed by atoms with Crippen LogP contribution >= 0.6 is 0 Å². The second kappa shape index (κ2) is 7.51. The van der Waals surface area contributed by atoms with Gasteiger partial charge in [-0.15, -0.1) is 0 Å². The third-order valence-corrected chi connectivity index (χ3v) is 3.27. The molecule has 1 aromatic heterocycles. The molecule has 0 aliphatic rings. The number of pyridine rings is 1. The second-order valence-corrected chi connectivity index (χ2v) is 4.85. The first-order valence-electron chi connectivity index (χ1n) is 7.13. The highest BCUT2D eigenvalue weighted by Gasteiger charge is 2.13. The minimum atomic E-state index is -0.448. The molecule has 0 aliphatic heterocycles. The molecular weight excluding hydrogens is 282 g/mol. The van der Waals surface area contributed by atoms with Crippen molar-refractivity contribution < 1.29 is 9.66 Å². The molecule has 0 aliphatic carbocycles. The molecule has 1 heterocycles. The van der Waals surface area contributed by atoms with Crippen LogP contribution < -0.4 is 5.32 Å². The number of hydrogen-bond donors (Lipinski definition) is 1. The van der Waals surface area contributed by atoms with Gasteiger partial charge in [0.05, 0.1) is 11.0 Å².